The van der Waals surface area contributed by atoms with Gasteiger partial charge in [-0.15, -0.1) is 0 Å². The zero-order valence-electron chi connectivity index (χ0n) is 11.9. The molecule has 2 aromatic rings. The molecule has 21 heavy (non-hydrogen) atoms. The molecule has 0 bridgehead atoms. The number of aromatic nitrogens is 1. The summed E-state index contributed by atoms with van der Waals surface area (Å²) in [5, 5.41) is 0. The van der Waals surface area contributed by atoms with Gasteiger partial charge >= 0.3 is 0 Å². The second-order valence-corrected chi connectivity index (χ2v) is 5.42. The number of benzene rings is 1. The van der Waals surface area contributed by atoms with E-state index in [9.17, 15) is 4.79 Å². The van der Waals surface area contributed by atoms with Crippen molar-refractivity contribution in [2.24, 2.45) is 0 Å². The molecule has 3 rings (SSSR count). The number of nitrogens with two attached hydrogens (primary N) is 1. The van der Waals surface area contributed by atoms with Gasteiger partial charge in [-0.2, -0.15) is 0 Å². The van der Waals surface area contributed by atoms with Crippen LogP contribution in [0.5, 0.6) is 0 Å². The van der Waals surface area contributed by atoms with Gasteiger partial charge in [-0.25, -0.2) is 4.98 Å². The monoisotopic (exact) mass is 281 g/mol. The Balaban J connectivity index is 1.66. The van der Waals surface area contributed by atoms with Crippen molar-refractivity contribution < 1.29 is 4.79 Å². The summed E-state index contributed by atoms with van der Waals surface area (Å²) in [5.41, 5.74) is 8.02. The van der Waals surface area contributed by atoms with E-state index in [4.69, 9.17) is 5.73 Å². The van der Waals surface area contributed by atoms with Crippen LogP contribution < -0.4 is 5.73 Å². The van der Waals surface area contributed by atoms with Crippen molar-refractivity contribution in [3.8, 4) is 0 Å². The fourth-order valence-corrected chi connectivity index (χ4v) is 2.89. The molecule has 1 fully saturated rings. The number of carbonyl (C=O) groups excluding carboxylic acids is 1. The Hall–Kier alpha value is -2.36. The molecule has 0 atom stereocenters. The molecule has 1 saturated heterocycles. The lowest BCUT2D eigenvalue weighted by atomic mass is 9.89. The molecule has 1 aliphatic heterocycles. The molecule has 4 heteroatoms. The summed E-state index contributed by atoms with van der Waals surface area (Å²) >= 11 is 0. The van der Waals surface area contributed by atoms with Crippen LogP contribution >= 0.6 is 0 Å². The smallest absolute Gasteiger partial charge is 0.274 e. The quantitative estimate of drug-likeness (QED) is 0.920. The highest BCUT2D eigenvalue weighted by Crippen LogP contribution is 2.28. The number of likely N-dealkylation sites (tertiary alicyclic amines) is 1. The fourth-order valence-electron chi connectivity index (χ4n) is 2.89. The van der Waals surface area contributed by atoms with E-state index >= 15 is 0 Å². The lowest BCUT2D eigenvalue weighted by Gasteiger charge is -2.32. The van der Waals surface area contributed by atoms with Crippen molar-refractivity contribution in [3.05, 3.63) is 59.9 Å². The van der Waals surface area contributed by atoms with E-state index in [0.29, 0.717) is 17.3 Å². The third kappa shape index (κ3) is 2.89. The Morgan fingerprint density at radius 2 is 1.81 bits per heavy atom. The molecule has 4 nitrogen and oxygen atoms in total. The predicted molar refractivity (Wildman–Crippen MR) is 83.0 cm³/mol. The minimum absolute atomic E-state index is 0.0559. The summed E-state index contributed by atoms with van der Waals surface area (Å²) in [6, 6.07) is 14.0. The molecule has 1 aromatic carbocycles. The number of hydrogen-bond donors (Lipinski definition) is 1. The van der Waals surface area contributed by atoms with Crippen molar-refractivity contribution in [1.82, 2.24) is 9.88 Å². The minimum Gasteiger partial charge on any atom is -0.397 e. The molecule has 1 amide bonds. The fraction of sp³-hybridized carbons (Fsp3) is 0.294. The number of carbonyl (C=O) groups is 1. The average Bonchev–Trinajstić information content (AvgIpc) is 2.56. The van der Waals surface area contributed by atoms with Crippen LogP contribution in [0.2, 0.25) is 0 Å². The largest absolute Gasteiger partial charge is 0.397 e. The molecular formula is C17H19N3O. The van der Waals surface area contributed by atoms with Gasteiger partial charge in [-0.1, -0.05) is 30.3 Å². The van der Waals surface area contributed by atoms with Crippen molar-refractivity contribution in [2.75, 3.05) is 18.8 Å². The third-order valence-electron chi connectivity index (χ3n) is 4.09. The van der Waals surface area contributed by atoms with Crippen molar-refractivity contribution in [1.29, 1.82) is 0 Å². The summed E-state index contributed by atoms with van der Waals surface area (Å²) in [4.78, 5) is 18.4. The molecule has 0 radical (unpaired) electrons. The molecular weight excluding hydrogens is 262 g/mol. The number of nitrogen functional groups attached to an aromatic ring is 1. The van der Waals surface area contributed by atoms with Crippen LogP contribution in [-0.2, 0) is 0 Å². The van der Waals surface area contributed by atoms with Gasteiger partial charge in [0.15, 0.2) is 5.69 Å². The van der Waals surface area contributed by atoms with Crippen LogP contribution in [0.1, 0.15) is 34.8 Å². The first-order valence-corrected chi connectivity index (χ1v) is 7.30. The van der Waals surface area contributed by atoms with E-state index in [1.807, 2.05) is 11.0 Å². The maximum absolute atomic E-state index is 12.4. The van der Waals surface area contributed by atoms with E-state index in [2.05, 4.69) is 29.2 Å². The SMILES string of the molecule is Nc1cccnc1C(=O)N1CCC(c2ccccc2)CC1. The highest BCUT2D eigenvalue weighted by atomic mass is 16.2. The van der Waals surface area contributed by atoms with Crippen LogP contribution in [0.4, 0.5) is 5.69 Å². The number of rotatable bonds is 2. The summed E-state index contributed by atoms with van der Waals surface area (Å²) in [6.07, 6.45) is 3.59. The lowest BCUT2D eigenvalue weighted by Crippen LogP contribution is -2.38. The Bertz CT molecular complexity index is 619. The number of anilines is 1. The maximum atomic E-state index is 12.4. The van der Waals surface area contributed by atoms with E-state index in [1.54, 1.807) is 18.3 Å². The molecule has 1 aliphatic rings. The van der Waals surface area contributed by atoms with Crippen LogP contribution in [-0.4, -0.2) is 28.9 Å². The first-order valence-electron chi connectivity index (χ1n) is 7.30. The Labute approximate surface area is 124 Å². The number of amides is 1. The van der Waals surface area contributed by atoms with Gasteiger partial charge in [0, 0.05) is 19.3 Å². The van der Waals surface area contributed by atoms with Crippen LogP contribution in [0, 0.1) is 0 Å². The molecule has 0 unspecified atom stereocenters. The van der Waals surface area contributed by atoms with Crippen molar-refractivity contribution >= 4 is 11.6 Å². The van der Waals surface area contributed by atoms with Crippen molar-refractivity contribution in [2.45, 2.75) is 18.8 Å². The topological polar surface area (TPSA) is 59.2 Å². The third-order valence-corrected chi connectivity index (χ3v) is 4.09. The van der Waals surface area contributed by atoms with Crippen LogP contribution in [0.25, 0.3) is 0 Å². The molecule has 2 N–H and O–H groups in total. The normalized spacial score (nSPS) is 15.9. The van der Waals surface area contributed by atoms with Crippen LogP contribution in [0.15, 0.2) is 48.7 Å². The van der Waals surface area contributed by atoms with Gasteiger partial charge in [0.25, 0.3) is 5.91 Å². The maximum Gasteiger partial charge on any atom is 0.274 e. The number of piperidine rings is 1. The number of hydrogen-bond acceptors (Lipinski definition) is 3. The average molecular weight is 281 g/mol. The van der Waals surface area contributed by atoms with E-state index in [-0.39, 0.29) is 5.91 Å². The predicted octanol–water partition coefficient (Wildman–Crippen LogP) is 2.68. The highest BCUT2D eigenvalue weighted by molar-refractivity contribution is 5.97. The van der Waals surface area contributed by atoms with E-state index in [0.717, 1.165) is 25.9 Å². The van der Waals surface area contributed by atoms with Gasteiger partial charge in [-0.05, 0) is 36.5 Å². The van der Waals surface area contributed by atoms with E-state index in [1.165, 1.54) is 5.56 Å². The standard InChI is InChI=1S/C17H19N3O/c18-15-7-4-10-19-16(15)17(21)20-11-8-14(9-12-20)13-5-2-1-3-6-13/h1-7,10,14H,8-9,11-12,18H2. The van der Waals surface area contributed by atoms with Gasteiger partial charge in [0.05, 0.1) is 5.69 Å². The second-order valence-electron chi connectivity index (χ2n) is 5.42. The van der Waals surface area contributed by atoms with Gasteiger partial charge in [0.2, 0.25) is 0 Å². The summed E-state index contributed by atoms with van der Waals surface area (Å²) in [6.45, 7) is 1.52. The molecule has 2 heterocycles. The Kier molecular flexibility index (Phi) is 3.86. The molecule has 0 saturated carbocycles. The summed E-state index contributed by atoms with van der Waals surface area (Å²) in [5.74, 6) is 0.482. The zero-order chi connectivity index (χ0) is 14.7. The van der Waals surface area contributed by atoms with Gasteiger partial charge in [-0.3, -0.25) is 4.79 Å². The molecule has 0 spiro atoms. The van der Waals surface area contributed by atoms with Crippen LogP contribution in [0.3, 0.4) is 0 Å². The molecule has 108 valence electrons. The second kappa shape index (κ2) is 5.95. The molecule has 0 aliphatic carbocycles. The van der Waals surface area contributed by atoms with Gasteiger partial charge < -0.3 is 10.6 Å². The van der Waals surface area contributed by atoms with E-state index < -0.39 is 0 Å². The number of nitrogens with zero attached hydrogens (tertiary/aromatic N) is 2. The highest BCUT2D eigenvalue weighted by Gasteiger charge is 2.25. The minimum atomic E-state index is -0.0559. The number of pyridine rings is 1. The van der Waals surface area contributed by atoms with Crippen molar-refractivity contribution in [3.63, 3.8) is 0 Å². The first-order chi connectivity index (χ1) is 10.3. The summed E-state index contributed by atoms with van der Waals surface area (Å²) < 4.78 is 0. The summed E-state index contributed by atoms with van der Waals surface area (Å²) in [7, 11) is 0. The molecule has 1 aromatic heterocycles. The Morgan fingerprint density at radius 1 is 1.10 bits per heavy atom. The zero-order valence-corrected chi connectivity index (χ0v) is 11.9. The lowest BCUT2D eigenvalue weighted by molar-refractivity contribution is 0.0708. The Morgan fingerprint density at radius 3 is 2.48 bits per heavy atom. The van der Waals surface area contributed by atoms with Gasteiger partial charge in [0.1, 0.15) is 0 Å². The first kappa shape index (κ1) is 13.6.